The lowest BCUT2D eigenvalue weighted by atomic mass is 9.90. The molecule has 5 aromatic rings. The molecular weight excluding hydrogens is 444 g/mol. The molecule has 8 nitrogen and oxygen atoms in total. The van der Waals surface area contributed by atoms with Gasteiger partial charge in [0.25, 0.3) is 0 Å². The van der Waals surface area contributed by atoms with Crippen molar-refractivity contribution in [2.45, 2.75) is 19.3 Å². The van der Waals surface area contributed by atoms with Crippen molar-refractivity contribution >= 4 is 43.6 Å². The number of nitriles is 1. The van der Waals surface area contributed by atoms with Gasteiger partial charge < -0.3 is 5.73 Å². The van der Waals surface area contributed by atoms with Gasteiger partial charge in [-0.2, -0.15) is 5.26 Å². The van der Waals surface area contributed by atoms with Crippen molar-refractivity contribution < 1.29 is 0 Å². The Bertz CT molecular complexity index is 1690. The van der Waals surface area contributed by atoms with E-state index in [1.165, 1.54) is 17.5 Å². The van der Waals surface area contributed by atoms with E-state index in [-0.39, 0.29) is 11.3 Å². The Balaban J connectivity index is 1.62. The van der Waals surface area contributed by atoms with Crippen LogP contribution in [0.3, 0.4) is 0 Å². The van der Waals surface area contributed by atoms with Crippen LogP contribution in [0.5, 0.6) is 0 Å². The van der Waals surface area contributed by atoms with Crippen LogP contribution in [0.15, 0.2) is 60.9 Å². The predicted molar refractivity (Wildman–Crippen MR) is 134 cm³/mol. The average Bonchev–Trinajstić information content (AvgIpc) is 3.22. The first-order chi connectivity index (χ1) is 16.3. The van der Waals surface area contributed by atoms with Crippen molar-refractivity contribution in [2.24, 2.45) is 0 Å². The SMILES string of the molecule is CC(C)(C#N)c1ccc(C(=N)n2c(=N)cnc3ccc(-c4ccc5nc(N)sc5c4)cc32)cn1. The van der Waals surface area contributed by atoms with Crippen molar-refractivity contribution in [3.05, 3.63) is 77.7 Å². The first kappa shape index (κ1) is 21.4. The van der Waals surface area contributed by atoms with Gasteiger partial charge in [0.2, 0.25) is 0 Å². The van der Waals surface area contributed by atoms with Crippen molar-refractivity contribution in [1.29, 1.82) is 16.1 Å². The van der Waals surface area contributed by atoms with Crippen molar-refractivity contribution in [3.8, 4) is 17.2 Å². The zero-order chi connectivity index (χ0) is 24.0. The summed E-state index contributed by atoms with van der Waals surface area (Å²) in [5.74, 6) is 0.106. The lowest BCUT2D eigenvalue weighted by Crippen LogP contribution is -2.28. The van der Waals surface area contributed by atoms with Gasteiger partial charge in [-0.1, -0.05) is 23.5 Å². The third kappa shape index (κ3) is 3.60. The maximum absolute atomic E-state index is 9.36. The Hall–Kier alpha value is -4.42. The molecule has 0 aliphatic heterocycles. The fourth-order valence-corrected chi connectivity index (χ4v) is 4.54. The van der Waals surface area contributed by atoms with Crippen LogP contribution in [0.2, 0.25) is 0 Å². The van der Waals surface area contributed by atoms with Crippen LogP contribution in [0.25, 0.3) is 32.4 Å². The Labute approximate surface area is 199 Å². The van der Waals surface area contributed by atoms with Gasteiger partial charge in [-0.05, 0) is 61.4 Å². The minimum atomic E-state index is -0.726. The fourth-order valence-electron chi connectivity index (χ4n) is 3.76. The summed E-state index contributed by atoms with van der Waals surface area (Å²) in [6.07, 6.45) is 3.00. The minimum Gasteiger partial charge on any atom is -0.375 e. The third-order valence-electron chi connectivity index (χ3n) is 5.70. The molecule has 0 saturated heterocycles. The average molecular weight is 465 g/mol. The zero-order valence-electron chi connectivity index (χ0n) is 18.5. The van der Waals surface area contributed by atoms with Crippen LogP contribution in [0.4, 0.5) is 5.13 Å². The zero-order valence-corrected chi connectivity index (χ0v) is 19.3. The van der Waals surface area contributed by atoms with E-state index in [0.717, 1.165) is 21.3 Å². The first-order valence-corrected chi connectivity index (χ1v) is 11.3. The number of benzene rings is 2. The van der Waals surface area contributed by atoms with Gasteiger partial charge in [-0.3, -0.25) is 25.4 Å². The number of nitrogens with one attached hydrogen (secondary N) is 2. The fraction of sp³-hybridized carbons (Fsp3) is 0.120. The monoisotopic (exact) mass is 464 g/mol. The summed E-state index contributed by atoms with van der Waals surface area (Å²) in [6.45, 7) is 3.60. The Kier molecular flexibility index (Phi) is 4.96. The summed E-state index contributed by atoms with van der Waals surface area (Å²) in [5, 5.41) is 27.2. The highest BCUT2D eigenvalue weighted by Crippen LogP contribution is 2.30. The van der Waals surface area contributed by atoms with Crippen LogP contribution in [-0.4, -0.2) is 25.4 Å². The number of fused-ring (bicyclic) bond motifs is 2. The van der Waals surface area contributed by atoms with Gasteiger partial charge in [0.05, 0.1) is 44.6 Å². The number of pyridine rings is 1. The quantitative estimate of drug-likeness (QED) is 0.267. The molecule has 2 aromatic carbocycles. The second-order valence-corrected chi connectivity index (χ2v) is 9.50. The van der Waals surface area contributed by atoms with Gasteiger partial charge in [0.15, 0.2) is 5.13 Å². The number of nitrogen functional groups attached to an aromatic ring is 1. The number of hydrogen-bond acceptors (Lipinski definition) is 8. The molecule has 0 unspecified atom stereocenters. The van der Waals surface area contributed by atoms with Crippen LogP contribution < -0.4 is 11.2 Å². The molecule has 0 atom stereocenters. The molecule has 4 N–H and O–H groups in total. The van der Waals surface area contributed by atoms with Crippen LogP contribution in [-0.2, 0) is 5.41 Å². The maximum Gasteiger partial charge on any atom is 0.181 e. The molecule has 0 aliphatic carbocycles. The Morgan fingerprint density at radius 2 is 1.76 bits per heavy atom. The number of hydrogen-bond donors (Lipinski definition) is 3. The summed E-state index contributed by atoms with van der Waals surface area (Å²) in [6, 6.07) is 17.5. The number of anilines is 1. The van der Waals surface area contributed by atoms with E-state index in [1.807, 2.05) is 36.4 Å². The Morgan fingerprint density at radius 1 is 1.03 bits per heavy atom. The van der Waals surface area contributed by atoms with Gasteiger partial charge in [-0.25, -0.2) is 4.98 Å². The van der Waals surface area contributed by atoms with E-state index >= 15 is 0 Å². The van der Waals surface area contributed by atoms with Crippen molar-refractivity contribution in [3.63, 3.8) is 0 Å². The van der Waals surface area contributed by atoms with Crippen LogP contribution >= 0.6 is 11.3 Å². The summed E-state index contributed by atoms with van der Waals surface area (Å²) in [4.78, 5) is 13.1. The molecule has 9 heteroatoms. The molecule has 5 rings (SSSR count). The molecule has 0 aliphatic rings. The molecule has 3 aromatic heterocycles. The molecule has 34 heavy (non-hydrogen) atoms. The summed E-state index contributed by atoms with van der Waals surface area (Å²) < 4.78 is 2.54. The van der Waals surface area contributed by atoms with Gasteiger partial charge in [0.1, 0.15) is 11.3 Å². The standard InChI is InChI=1S/C25H20N8S/c1-25(2,13-26)21-8-5-16(11-31-21)23(28)33-19-9-14(3-6-17(19)30-12-22(33)27)15-4-7-18-20(10-15)34-24(29)32-18/h3-12,27-28H,1-2H3,(H2,29,32). The molecular formula is C25H20N8S. The normalized spacial score (nSPS) is 11.6. The summed E-state index contributed by atoms with van der Waals surface area (Å²) in [7, 11) is 0. The third-order valence-corrected chi connectivity index (χ3v) is 6.55. The number of aromatic nitrogens is 4. The highest BCUT2D eigenvalue weighted by atomic mass is 32.1. The van der Waals surface area contributed by atoms with Crippen LogP contribution in [0, 0.1) is 22.1 Å². The molecule has 0 radical (unpaired) electrons. The predicted octanol–water partition coefficient (Wildman–Crippen LogP) is 4.44. The van der Waals surface area contributed by atoms with Gasteiger partial charge >= 0.3 is 0 Å². The van der Waals surface area contributed by atoms with E-state index in [4.69, 9.17) is 16.6 Å². The topological polar surface area (TPSA) is 141 Å². The highest BCUT2D eigenvalue weighted by Gasteiger charge is 2.21. The van der Waals surface area contributed by atoms with E-state index < -0.39 is 5.41 Å². The number of nitrogens with zero attached hydrogens (tertiary/aromatic N) is 5. The van der Waals surface area contributed by atoms with Crippen molar-refractivity contribution in [2.75, 3.05) is 5.73 Å². The second-order valence-electron chi connectivity index (χ2n) is 8.43. The van der Waals surface area contributed by atoms with Gasteiger partial charge in [0, 0.05) is 11.8 Å². The van der Waals surface area contributed by atoms with Crippen LogP contribution in [0.1, 0.15) is 25.1 Å². The molecule has 0 amide bonds. The van der Waals surface area contributed by atoms with E-state index in [0.29, 0.717) is 27.4 Å². The smallest absolute Gasteiger partial charge is 0.181 e. The molecule has 0 spiro atoms. The Morgan fingerprint density at radius 3 is 2.47 bits per heavy atom. The maximum atomic E-state index is 9.36. The molecule has 0 saturated carbocycles. The highest BCUT2D eigenvalue weighted by molar-refractivity contribution is 7.22. The first-order valence-electron chi connectivity index (χ1n) is 10.5. The lowest BCUT2D eigenvalue weighted by Gasteiger charge is -2.16. The van der Waals surface area contributed by atoms with E-state index in [2.05, 4.69) is 21.0 Å². The minimum absolute atomic E-state index is 0.0850. The number of nitrogens with two attached hydrogens (primary N) is 1. The molecule has 0 bridgehead atoms. The summed E-state index contributed by atoms with van der Waals surface area (Å²) in [5.41, 5.74) is 10.5. The number of thiazole rings is 1. The molecule has 0 fully saturated rings. The molecule has 3 heterocycles. The second kappa shape index (κ2) is 7.86. The lowest BCUT2D eigenvalue weighted by molar-refractivity contribution is 0.659. The molecule has 166 valence electrons. The van der Waals surface area contributed by atoms with Gasteiger partial charge in [-0.15, -0.1) is 0 Å². The number of rotatable bonds is 3. The largest absolute Gasteiger partial charge is 0.375 e. The van der Waals surface area contributed by atoms with E-state index in [9.17, 15) is 5.26 Å². The summed E-state index contributed by atoms with van der Waals surface area (Å²) >= 11 is 1.43. The van der Waals surface area contributed by atoms with E-state index in [1.54, 1.807) is 36.7 Å². The van der Waals surface area contributed by atoms with Crippen molar-refractivity contribution in [1.82, 2.24) is 19.5 Å².